The van der Waals surface area contributed by atoms with E-state index < -0.39 is 5.97 Å². The molecule has 0 spiro atoms. The number of aliphatic carboxylic acids is 1. The third kappa shape index (κ3) is 7.71. The van der Waals surface area contributed by atoms with Gasteiger partial charge in [0.25, 0.3) is 0 Å². The van der Waals surface area contributed by atoms with Crippen LogP contribution in [0.15, 0.2) is 24.3 Å². The van der Waals surface area contributed by atoms with Crippen molar-refractivity contribution < 1.29 is 14.6 Å². The van der Waals surface area contributed by atoms with Crippen LogP contribution in [0.5, 0.6) is 5.75 Å². The molecule has 0 saturated carbocycles. The molecule has 0 aromatic heterocycles. The Hall–Kier alpha value is -1.55. The summed E-state index contributed by atoms with van der Waals surface area (Å²) in [6, 6.07) is 7.88. The summed E-state index contributed by atoms with van der Waals surface area (Å²) in [5.74, 6) is 0.0891. The highest BCUT2D eigenvalue weighted by atomic mass is 16.5. The zero-order valence-electron chi connectivity index (χ0n) is 13.3. The van der Waals surface area contributed by atoms with E-state index in [1.807, 2.05) is 38.1 Å². The molecule has 0 aliphatic rings. The molecule has 21 heavy (non-hydrogen) atoms. The number of carbonyl (C=O) groups is 1. The zero-order chi connectivity index (χ0) is 15.7. The van der Waals surface area contributed by atoms with Gasteiger partial charge in [-0.15, -0.1) is 0 Å². The molecule has 0 saturated heterocycles. The average molecular weight is 293 g/mol. The lowest BCUT2D eigenvalue weighted by atomic mass is 10.0. The van der Waals surface area contributed by atoms with E-state index in [1.165, 1.54) is 0 Å². The van der Waals surface area contributed by atoms with Crippen LogP contribution in [0.25, 0.3) is 0 Å². The first kappa shape index (κ1) is 17.5. The lowest BCUT2D eigenvalue weighted by molar-refractivity contribution is -0.137. The third-order valence-electron chi connectivity index (χ3n) is 3.16. The van der Waals surface area contributed by atoms with Gasteiger partial charge in [-0.2, -0.15) is 0 Å². The molecule has 1 unspecified atom stereocenters. The predicted molar refractivity (Wildman–Crippen MR) is 84.9 cm³/mol. The normalized spacial score (nSPS) is 12.4. The largest absolute Gasteiger partial charge is 0.491 e. The Balaban J connectivity index is 2.57. The molecule has 1 aromatic rings. The number of hydrogen-bond donors (Lipinski definition) is 2. The van der Waals surface area contributed by atoms with Gasteiger partial charge in [0.1, 0.15) is 5.75 Å². The first-order valence-electron chi connectivity index (χ1n) is 7.72. The first-order valence-corrected chi connectivity index (χ1v) is 7.72. The highest BCUT2D eigenvalue weighted by molar-refractivity contribution is 5.67. The van der Waals surface area contributed by atoms with E-state index in [0.717, 1.165) is 37.1 Å². The minimum atomic E-state index is -0.760. The van der Waals surface area contributed by atoms with Gasteiger partial charge in [-0.05, 0) is 50.9 Å². The summed E-state index contributed by atoms with van der Waals surface area (Å²) in [4.78, 5) is 10.9. The summed E-state index contributed by atoms with van der Waals surface area (Å²) in [6.07, 6.45) is 3.20. The molecule has 118 valence electrons. The van der Waals surface area contributed by atoms with Gasteiger partial charge < -0.3 is 15.2 Å². The van der Waals surface area contributed by atoms with Crippen molar-refractivity contribution in [2.24, 2.45) is 0 Å². The second-order valence-corrected chi connectivity index (χ2v) is 5.62. The zero-order valence-corrected chi connectivity index (χ0v) is 13.3. The van der Waals surface area contributed by atoms with Gasteiger partial charge in [-0.3, -0.25) is 4.79 Å². The Morgan fingerprint density at radius 1 is 1.29 bits per heavy atom. The van der Waals surface area contributed by atoms with Gasteiger partial charge in [0.05, 0.1) is 12.5 Å². The van der Waals surface area contributed by atoms with Crippen LogP contribution in [0.4, 0.5) is 0 Å². The van der Waals surface area contributed by atoms with E-state index in [1.54, 1.807) is 0 Å². The predicted octanol–water partition coefficient (Wildman–Crippen LogP) is 3.25. The molecular formula is C17H27NO3. The lowest BCUT2D eigenvalue weighted by Crippen LogP contribution is -2.34. The second-order valence-electron chi connectivity index (χ2n) is 5.62. The fourth-order valence-corrected chi connectivity index (χ4v) is 2.17. The Labute approximate surface area is 127 Å². The van der Waals surface area contributed by atoms with E-state index in [-0.39, 0.29) is 18.6 Å². The summed E-state index contributed by atoms with van der Waals surface area (Å²) in [6.45, 7) is 6.98. The van der Waals surface area contributed by atoms with E-state index in [2.05, 4.69) is 12.2 Å². The summed E-state index contributed by atoms with van der Waals surface area (Å²) in [5, 5.41) is 12.3. The van der Waals surface area contributed by atoms with Gasteiger partial charge in [-0.1, -0.05) is 25.5 Å². The molecule has 0 radical (unpaired) electrons. The van der Waals surface area contributed by atoms with Crippen molar-refractivity contribution in [2.75, 3.05) is 6.54 Å². The van der Waals surface area contributed by atoms with Crippen molar-refractivity contribution in [3.63, 3.8) is 0 Å². The van der Waals surface area contributed by atoms with Gasteiger partial charge in [0, 0.05) is 6.04 Å². The molecule has 4 nitrogen and oxygen atoms in total. The first-order chi connectivity index (χ1) is 10.0. The van der Waals surface area contributed by atoms with E-state index in [0.29, 0.717) is 0 Å². The number of benzene rings is 1. The highest BCUT2D eigenvalue weighted by Gasteiger charge is 2.13. The molecule has 0 heterocycles. The number of hydrogen-bond acceptors (Lipinski definition) is 3. The molecule has 0 fully saturated rings. The van der Waals surface area contributed by atoms with Crippen molar-refractivity contribution in [3.8, 4) is 5.75 Å². The van der Waals surface area contributed by atoms with Crippen LogP contribution in [-0.4, -0.2) is 29.8 Å². The number of unbranched alkanes of at least 4 members (excludes halogenated alkanes) is 1. The Morgan fingerprint density at radius 3 is 2.48 bits per heavy atom. The van der Waals surface area contributed by atoms with Gasteiger partial charge in [-0.25, -0.2) is 0 Å². The quantitative estimate of drug-likeness (QED) is 0.650. The second kappa shape index (κ2) is 9.40. The van der Waals surface area contributed by atoms with Crippen molar-refractivity contribution in [2.45, 2.75) is 58.6 Å². The SMILES string of the molecule is CCCCNC(CC(=O)O)Cc1ccc(OC(C)C)cc1. The maximum Gasteiger partial charge on any atom is 0.304 e. The van der Waals surface area contributed by atoms with Crippen molar-refractivity contribution >= 4 is 5.97 Å². The topological polar surface area (TPSA) is 58.6 Å². The molecule has 2 N–H and O–H groups in total. The van der Waals surface area contributed by atoms with Crippen LogP contribution in [0.1, 0.15) is 45.6 Å². The smallest absolute Gasteiger partial charge is 0.304 e. The number of nitrogens with one attached hydrogen (secondary N) is 1. The average Bonchev–Trinajstić information content (AvgIpc) is 2.40. The van der Waals surface area contributed by atoms with Crippen LogP contribution >= 0.6 is 0 Å². The maximum absolute atomic E-state index is 10.9. The van der Waals surface area contributed by atoms with Crippen LogP contribution in [0, 0.1) is 0 Å². The molecule has 0 amide bonds. The fraction of sp³-hybridized carbons (Fsp3) is 0.588. The molecule has 0 aliphatic carbocycles. The molecular weight excluding hydrogens is 266 g/mol. The van der Waals surface area contributed by atoms with Gasteiger partial charge in [0.15, 0.2) is 0 Å². The van der Waals surface area contributed by atoms with Crippen LogP contribution in [0.3, 0.4) is 0 Å². The summed E-state index contributed by atoms with van der Waals surface area (Å²) in [5.41, 5.74) is 1.13. The Morgan fingerprint density at radius 2 is 1.95 bits per heavy atom. The monoisotopic (exact) mass is 293 g/mol. The van der Waals surface area contributed by atoms with Gasteiger partial charge >= 0.3 is 5.97 Å². The lowest BCUT2D eigenvalue weighted by Gasteiger charge is -2.17. The minimum Gasteiger partial charge on any atom is -0.491 e. The van der Waals surface area contributed by atoms with E-state index in [4.69, 9.17) is 9.84 Å². The molecule has 1 aromatic carbocycles. The van der Waals surface area contributed by atoms with Crippen molar-refractivity contribution in [1.29, 1.82) is 0 Å². The van der Waals surface area contributed by atoms with Crippen LogP contribution < -0.4 is 10.1 Å². The minimum absolute atomic E-state index is 0.0223. The van der Waals surface area contributed by atoms with Crippen LogP contribution in [-0.2, 0) is 11.2 Å². The number of carboxylic acid groups (broad SMARTS) is 1. The Bertz CT molecular complexity index is 415. The summed E-state index contributed by atoms with van der Waals surface area (Å²) >= 11 is 0. The third-order valence-corrected chi connectivity index (χ3v) is 3.16. The molecule has 0 aliphatic heterocycles. The highest BCUT2D eigenvalue weighted by Crippen LogP contribution is 2.15. The fourth-order valence-electron chi connectivity index (χ4n) is 2.17. The van der Waals surface area contributed by atoms with Crippen molar-refractivity contribution in [3.05, 3.63) is 29.8 Å². The number of ether oxygens (including phenoxy) is 1. The van der Waals surface area contributed by atoms with Gasteiger partial charge in [0.2, 0.25) is 0 Å². The van der Waals surface area contributed by atoms with E-state index in [9.17, 15) is 4.79 Å². The standard InChI is InChI=1S/C17H27NO3/c1-4-5-10-18-15(12-17(19)20)11-14-6-8-16(9-7-14)21-13(2)3/h6-9,13,15,18H,4-5,10-12H2,1-3H3,(H,19,20). The van der Waals surface area contributed by atoms with Crippen LogP contribution in [0.2, 0.25) is 0 Å². The molecule has 4 heteroatoms. The summed E-state index contributed by atoms with van der Waals surface area (Å²) in [7, 11) is 0. The number of carboxylic acids is 1. The Kier molecular flexibility index (Phi) is 7.83. The summed E-state index contributed by atoms with van der Waals surface area (Å²) < 4.78 is 5.61. The number of rotatable bonds is 10. The van der Waals surface area contributed by atoms with Crippen molar-refractivity contribution in [1.82, 2.24) is 5.32 Å². The molecule has 0 bridgehead atoms. The molecule has 1 atom stereocenters. The molecule has 1 rings (SSSR count). The van der Waals surface area contributed by atoms with E-state index >= 15 is 0 Å². The maximum atomic E-state index is 10.9.